The SMILES string of the molecule is COc1ccc(OC)c(N2CCC(CO)C2)c1. The average molecular weight is 237 g/mol. The van der Waals surface area contributed by atoms with Crippen molar-refractivity contribution in [3.63, 3.8) is 0 Å². The molecule has 0 spiro atoms. The van der Waals surface area contributed by atoms with Crippen LogP contribution in [0, 0.1) is 5.92 Å². The highest BCUT2D eigenvalue weighted by Gasteiger charge is 2.24. The quantitative estimate of drug-likeness (QED) is 0.862. The molecule has 0 aromatic heterocycles. The number of aliphatic hydroxyl groups is 1. The Bertz CT molecular complexity index is 381. The van der Waals surface area contributed by atoms with E-state index in [9.17, 15) is 5.11 Å². The molecule has 1 heterocycles. The zero-order chi connectivity index (χ0) is 12.3. The molecule has 0 saturated carbocycles. The number of benzene rings is 1. The second kappa shape index (κ2) is 5.27. The van der Waals surface area contributed by atoms with Crippen LogP contribution in [-0.2, 0) is 0 Å². The lowest BCUT2D eigenvalue weighted by Gasteiger charge is -2.21. The molecule has 4 heteroatoms. The highest BCUT2D eigenvalue weighted by atomic mass is 16.5. The number of methoxy groups -OCH3 is 2. The molecule has 2 rings (SSSR count). The molecule has 1 N–H and O–H groups in total. The van der Waals surface area contributed by atoms with Crippen LogP contribution in [0.1, 0.15) is 6.42 Å². The lowest BCUT2D eigenvalue weighted by molar-refractivity contribution is 0.238. The van der Waals surface area contributed by atoms with Gasteiger partial charge >= 0.3 is 0 Å². The molecule has 0 amide bonds. The van der Waals surface area contributed by atoms with E-state index in [0.29, 0.717) is 5.92 Å². The molecule has 1 aliphatic rings. The van der Waals surface area contributed by atoms with Gasteiger partial charge < -0.3 is 19.5 Å². The molecule has 94 valence electrons. The predicted octanol–water partition coefficient (Wildman–Crippen LogP) is 1.52. The summed E-state index contributed by atoms with van der Waals surface area (Å²) in [5, 5.41) is 9.18. The summed E-state index contributed by atoms with van der Waals surface area (Å²) in [5.74, 6) is 2.04. The summed E-state index contributed by atoms with van der Waals surface area (Å²) < 4.78 is 10.6. The Morgan fingerprint density at radius 2 is 2.18 bits per heavy atom. The zero-order valence-corrected chi connectivity index (χ0v) is 10.3. The van der Waals surface area contributed by atoms with E-state index in [-0.39, 0.29) is 6.61 Å². The van der Waals surface area contributed by atoms with Gasteiger partial charge in [0.15, 0.2) is 0 Å². The van der Waals surface area contributed by atoms with Gasteiger partial charge in [-0.1, -0.05) is 0 Å². The Morgan fingerprint density at radius 1 is 1.35 bits per heavy atom. The Morgan fingerprint density at radius 3 is 2.76 bits per heavy atom. The number of hydrogen-bond donors (Lipinski definition) is 1. The van der Waals surface area contributed by atoms with E-state index in [2.05, 4.69) is 4.90 Å². The molecule has 1 fully saturated rings. The Labute approximate surface area is 102 Å². The van der Waals surface area contributed by atoms with Crippen molar-refractivity contribution in [2.75, 3.05) is 38.8 Å². The third kappa shape index (κ3) is 2.47. The molecule has 17 heavy (non-hydrogen) atoms. The molecule has 1 aliphatic heterocycles. The number of aliphatic hydroxyl groups excluding tert-OH is 1. The monoisotopic (exact) mass is 237 g/mol. The number of nitrogens with zero attached hydrogens (tertiary/aromatic N) is 1. The van der Waals surface area contributed by atoms with E-state index in [1.165, 1.54) is 0 Å². The molecule has 1 saturated heterocycles. The summed E-state index contributed by atoms with van der Waals surface area (Å²) in [4.78, 5) is 2.24. The van der Waals surface area contributed by atoms with Crippen molar-refractivity contribution >= 4 is 5.69 Å². The number of ether oxygens (including phenoxy) is 2. The minimum atomic E-state index is 0.253. The van der Waals surface area contributed by atoms with Crippen LogP contribution in [0.5, 0.6) is 11.5 Å². The summed E-state index contributed by atoms with van der Waals surface area (Å²) in [5.41, 5.74) is 1.04. The summed E-state index contributed by atoms with van der Waals surface area (Å²) in [6.45, 7) is 2.08. The second-order valence-electron chi connectivity index (χ2n) is 4.32. The molecule has 1 unspecified atom stereocenters. The van der Waals surface area contributed by atoms with Crippen LogP contribution in [0.15, 0.2) is 18.2 Å². The van der Waals surface area contributed by atoms with Crippen molar-refractivity contribution in [3.8, 4) is 11.5 Å². The van der Waals surface area contributed by atoms with Gasteiger partial charge in [-0.25, -0.2) is 0 Å². The van der Waals surface area contributed by atoms with Crippen LogP contribution < -0.4 is 14.4 Å². The average Bonchev–Trinajstić information content (AvgIpc) is 2.86. The van der Waals surface area contributed by atoms with Crippen LogP contribution in [0.2, 0.25) is 0 Å². The van der Waals surface area contributed by atoms with Crippen molar-refractivity contribution in [1.29, 1.82) is 0 Å². The van der Waals surface area contributed by atoms with E-state index in [1.54, 1.807) is 14.2 Å². The maximum atomic E-state index is 9.18. The normalized spacial score (nSPS) is 19.5. The minimum absolute atomic E-state index is 0.253. The van der Waals surface area contributed by atoms with Crippen molar-refractivity contribution < 1.29 is 14.6 Å². The Kier molecular flexibility index (Phi) is 3.74. The maximum Gasteiger partial charge on any atom is 0.142 e. The van der Waals surface area contributed by atoms with Gasteiger partial charge in [0.05, 0.1) is 19.9 Å². The molecule has 0 aliphatic carbocycles. The van der Waals surface area contributed by atoms with Crippen molar-refractivity contribution in [2.45, 2.75) is 6.42 Å². The van der Waals surface area contributed by atoms with Gasteiger partial charge in [-0.05, 0) is 18.6 Å². The van der Waals surface area contributed by atoms with Gasteiger partial charge in [-0.2, -0.15) is 0 Å². The smallest absolute Gasteiger partial charge is 0.142 e. The van der Waals surface area contributed by atoms with Crippen LogP contribution >= 0.6 is 0 Å². The predicted molar refractivity (Wildman–Crippen MR) is 67.0 cm³/mol. The third-order valence-electron chi connectivity index (χ3n) is 3.27. The summed E-state index contributed by atoms with van der Waals surface area (Å²) in [6.07, 6.45) is 1.02. The summed E-state index contributed by atoms with van der Waals surface area (Å²) in [6, 6.07) is 5.79. The molecule has 1 aromatic rings. The third-order valence-corrected chi connectivity index (χ3v) is 3.27. The molecular formula is C13H19NO3. The standard InChI is InChI=1S/C13H19NO3/c1-16-11-3-4-13(17-2)12(7-11)14-6-5-10(8-14)9-15/h3-4,7,10,15H,5-6,8-9H2,1-2H3. The second-order valence-corrected chi connectivity index (χ2v) is 4.32. The molecule has 0 radical (unpaired) electrons. The fourth-order valence-electron chi connectivity index (χ4n) is 2.24. The molecule has 1 atom stereocenters. The highest BCUT2D eigenvalue weighted by Crippen LogP contribution is 2.35. The Balaban J connectivity index is 2.24. The first kappa shape index (κ1) is 12.0. The van der Waals surface area contributed by atoms with Gasteiger partial charge in [0, 0.05) is 31.7 Å². The first-order chi connectivity index (χ1) is 8.28. The van der Waals surface area contributed by atoms with Gasteiger partial charge in [0.1, 0.15) is 11.5 Å². The topological polar surface area (TPSA) is 41.9 Å². The van der Waals surface area contributed by atoms with Crippen molar-refractivity contribution in [1.82, 2.24) is 0 Å². The van der Waals surface area contributed by atoms with Gasteiger partial charge in [-0.15, -0.1) is 0 Å². The van der Waals surface area contributed by atoms with Crippen LogP contribution in [0.4, 0.5) is 5.69 Å². The van der Waals surface area contributed by atoms with Gasteiger partial charge in [0.2, 0.25) is 0 Å². The number of anilines is 1. The fraction of sp³-hybridized carbons (Fsp3) is 0.538. The van der Waals surface area contributed by atoms with E-state index < -0.39 is 0 Å². The van der Waals surface area contributed by atoms with Crippen molar-refractivity contribution in [3.05, 3.63) is 18.2 Å². The first-order valence-corrected chi connectivity index (χ1v) is 5.86. The molecular weight excluding hydrogens is 218 g/mol. The lowest BCUT2D eigenvalue weighted by Crippen LogP contribution is -2.21. The Hall–Kier alpha value is -1.42. The number of rotatable bonds is 4. The molecule has 4 nitrogen and oxygen atoms in total. The summed E-state index contributed by atoms with van der Waals surface area (Å²) >= 11 is 0. The van der Waals surface area contributed by atoms with Crippen LogP contribution in [0.3, 0.4) is 0 Å². The van der Waals surface area contributed by atoms with Crippen LogP contribution in [-0.4, -0.2) is 39.0 Å². The maximum absolute atomic E-state index is 9.18. The van der Waals surface area contributed by atoms with Gasteiger partial charge in [-0.3, -0.25) is 0 Å². The van der Waals surface area contributed by atoms with E-state index in [1.807, 2.05) is 18.2 Å². The zero-order valence-electron chi connectivity index (χ0n) is 10.3. The summed E-state index contributed by atoms with van der Waals surface area (Å²) in [7, 11) is 3.33. The minimum Gasteiger partial charge on any atom is -0.497 e. The molecule has 1 aromatic carbocycles. The fourth-order valence-corrected chi connectivity index (χ4v) is 2.24. The number of hydrogen-bond acceptors (Lipinski definition) is 4. The van der Waals surface area contributed by atoms with Crippen molar-refractivity contribution in [2.24, 2.45) is 5.92 Å². The molecule has 0 bridgehead atoms. The van der Waals surface area contributed by atoms with E-state index >= 15 is 0 Å². The lowest BCUT2D eigenvalue weighted by atomic mass is 10.1. The van der Waals surface area contributed by atoms with E-state index in [4.69, 9.17) is 9.47 Å². The first-order valence-electron chi connectivity index (χ1n) is 5.86. The highest BCUT2D eigenvalue weighted by molar-refractivity contribution is 5.62. The van der Waals surface area contributed by atoms with Gasteiger partial charge in [0.25, 0.3) is 0 Å². The van der Waals surface area contributed by atoms with E-state index in [0.717, 1.165) is 36.7 Å². The van der Waals surface area contributed by atoms with Crippen LogP contribution in [0.25, 0.3) is 0 Å². The largest absolute Gasteiger partial charge is 0.497 e.